The van der Waals surface area contributed by atoms with E-state index in [-0.39, 0.29) is 40.6 Å². The molecule has 0 spiro atoms. The van der Waals surface area contributed by atoms with Gasteiger partial charge in [-0.1, -0.05) is 35.9 Å². The van der Waals surface area contributed by atoms with Crippen LogP contribution in [0.4, 0.5) is 29.5 Å². The summed E-state index contributed by atoms with van der Waals surface area (Å²) >= 11 is 6.47. The van der Waals surface area contributed by atoms with Gasteiger partial charge in [-0.15, -0.1) is 0 Å². The lowest BCUT2D eigenvalue weighted by Gasteiger charge is -2.38. The Morgan fingerprint density at radius 2 is 1.95 bits per heavy atom. The normalized spacial score (nSPS) is 18.4. The van der Waals surface area contributed by atoms with Gasteiger partial charge in [0.15, 0.2) is 0 Å². The molecule has 2 fully saturated rings. The molecule has 2 aromatic carbocycles. The number of halogens is 4. The van der Waals surface area contributed by atoms with Crippen LogP contribution >= 0.6 is 11.6 Å². The lowest BCUT2D eigenvalue weighted by molar-refractivity contribution is -0.132. The van der Waals surface area contributed by atoms with Gasteiger partial charge < -0.3 is 10.6 Å². The molecule has 2 aliphatic rings. The maximum atomic E-state index is 14.5. The van der Waals surface area contributed by atoms with Crippen molar-refractivity contribution in [1.82, 2.24) is 15.6 Å². The summed E-state index contributed by atoms with van der Waals surface area (Å²) in [4.78, 5) is 47.1. The Hall–Kier alpha value is -4.63. The van der Waals surface area contributed by atoms with Gasteiger partial charge in [-0.25, -0.2) is 22.9 Å². The summed E-state index contributed by atoms with van der Waals surface area (Å²) in [6.45, 7) is 0.0418. The van der Waals surface area contributed by atoms with E-state index in [1.54, 1.807) is 12.1 Å². The fourth-order valence-electron chi connectivity index (χ4n) is 5.12. The van der Waals surface area contributed by atoms with E-state index in [0.717, 1.165) is 11.0 Å². The highest BCUT2D eigenvalue weighted by Gasteiger charge is 2.47. The van der Waals surface area contributed by atoms with E-state index in [9.17, 15) is 32.8 Å². The molecule has 2 N–H and O–H groups in total. The number of hydrogen-bond acceptors (Lipinski definition) is 5. The second kappa shape index (κ2) is 11.7. The third-order valence-electron chi connectivity index (χ3n) is 7.10. The lowest BCUT2D eigenvalue weighted by Crippen LogP contribution is -2.54. The van der Waals surface area contributed by atoms with E-state index < -0.39 is 60.6 Å². The highest BCUT2D eigenvalue weighted by Crippen LogP contribution is 2.39. The van der Waals surface area contributed by atoms with Crippen LogP contribution in [0.3, 0.4) is 0 Å². The van der Waals surface area contributed by atoms with Crippen LogP contribution in [0, 0.1) is 17.1 Å². The van der Waals surface area contributed by atoms with Crippen LogP contribution < -0.4 is 20.4 Å². The molecule has 9 nitrogen and oxygen atoms in total. The number of nitriles is 1. The first-order valence-electron chi connectivity index (χ1n) is 13.0. The number of aromatic nitrogens is 1. The van der Waals surface area contributed by atoms with E-state index in [2.05, 4.69) is 15.6 Å². The predicted octanol–water partition coefficient (Wildman–Crippen LogP) is 4.72. The van der Waals surface area contributed by atoms with Crippen molar-refractivity contribution in [3.05, 3.63) is 88.8 Å². The molecule has 0 unspecified atom stereocenters. The molecular formula is C29H24ClF3N6O3. The van der Waals surface area contributed by atoms with Crippen molar-refractivity contribution in [2.45, 2.75) is 43.3 Å². The Morgan fingerprint density at radius 3 is 2.64 bits per heavy atom. The second-order valence-corrected chi connectivity index (χ2v) is 10.5. The molecule has 1 saturated carbocycles. The number of rotatable bonds is 8. The zero-order valence-corrected chi connectivity index (χ0v) is 22.7. The van der Waals surface area contributed by atoms with Crippen LogP contribution in [0.1, 0.15) is 36.4 Å². The first kappa shape index (κ1) is 28.9. The van der Waals surface area contributed by atoms with Gasteiger partial charge >= 0.3 is 6.03 Å². The Labute approximate surface area is 243 Å². The molecule has 1 aromatic heterocycles. The number of pyridine rings is 1. The zero-order chi connectivity index (χ0) is 30.0. The van der Waals surface area contributed by atoms with Crippen LogP contribution in [0.15, 0.2) is 66.9 Å². The van der Waals surface area contributed by atoms with E-state index in [1.807, 2.05) is 6.07 Å². The predicted molar refractivity (Wildman–Crippen MR) is 147 cm³/mol. The quantitative estimate of drug-likeness (QED) is 0.390. The van der Waals surface area contributed by atoms with E-state index in [0.29, 0.717) is 0 Å². The Balaban J connectivity index is 1.53. The second-order valence-electron chi connectivity index (χ2n) is 10.1. The minimum Gasteiger partial charge on any atom is -0.351 e. The number of alkyl halides is 2. The van der Waals surface area contributed by atoms with E-state index >= 15 is 0 Å². The Kier molecular flexibility index (Phi) is 8.04. The Morgan fingerprint density at radius 1 is 1.19 bits per heavy atom. The summed E-state index contributed by atoms with van der Waals surface area (Å²) in [6, 6.07) is 12.5. The number of benzene rings is 2. The van der Waals surface area contributed by atoms with Gasteiger partial charge in [0.1, 0.15) is 17.7 Å². The fraction of sp³-hybridized carbons (Fsp3) is 0.276. The summed E-state index contributed by atoms with van der Waals surface area (Å²) in [5, 5.41) is 14.6. The van der Waals surface area contributed by atoms with Crippen molar-refractivity contribution in [3.8, 4) is 6.07 Å². The molecule has 1 aliphatic carbocycles. The smallest absolute Gasteiger partial charge is 0.323 e. The first-order chi connectivity index (χ1) is 20.1. The SMILES string of the molecule is N#Cc1ccnc(N2C(=O)NC[C@H]2CC(=O)N(c2cccc(F)c2)[C@H](C(=O)NC2CC(F)(F)C2)c2ccccc2Cl)c1. The highest BCUT2D eigenvalue weighted by atomic mass is 35.5. The number of nitrogens with zero attached hydrogens (tertiary/aromatic N) is 4. The maximum absolute atomic E-state index is 14.5. The molecule has 1 saturated heterocycles. The molecule has 216 valence electrons. The summed E-state index contributed by atoms with van der Waals surface area (Å²) in [5.41, 5.74) is 0.469. The lowest BCUT2D eigenvalue weighted by atomic mass is 9.87. The van der Waals surface area contributed by atoms with Crippen LogP contribution in [0.25, 0.3) is 0 Å². The van der Waals surface area contributed by atoms with Crippen LogP contribution in [-0.2, 0) is 9.59 Å². The molecule has 13 heteroatoms. The van der Waals surface area contributed by atoms with Gasteiger partial charge in [0, 0.05) is 54.3 Å². The van der Waals surface area contributed by atoms with Gasteiger partial charge in [-0.2, -0.15) is 5.26 Å². The van der Waals surface area contributed by atoms with Crippen molar-refractivity contribution in [1.29, 1.82) is 5.26 Å². The largest absolute Gasteiger partial charge is 0.351 e. The molecular weight excluding hydrogens is 573 g/mol. The van der Waals surface area contributed by atoms with Crippen LogP contribution in [0.2, 0.25) is 5.02 Å². The topological polar surface area (TPSA) is 118 Å². The first-order valence-corrected chi connectivity index (χ1v) is 13.4. The molecule has 42 heavy (non-hydrogen) atoms. The average Bonchev–Trinajstić information content (AvgIpc) is 3.30. The average molecular weight is 597 g/mol. The van der Waals surface area contributed by atoms with Gasteiger partial charge in [0.25, 0.3) is 5.92 Å². The van der Waals surface area contributed by atoms with E-state index in [4.69, 9.17) is 11.6 Å². The Bertz CT molecular complexity index is 1570. The van der Waals surface area contributed by atoms with Crippen LogP contribution in [-0.4, -0.2) is 47.4 Å². The molecule has 0 radical (unpaired) electrons. The van der Waals surface area contributed by atoms with Crippen molar-refractivity contribution >= 4 is 41.0 Å². The molecule has 5 rings (SSSR count). The fourth-order valence-corrected chi connectivity index (χ4v) is 5.36. The maximum Gasteiger partial charge on any atom is 0.323 e. The van der Waals surface area contributed by atoms with Crippen molar-refractivity contribution in [2.24, 2.45) is 0 Å². The number of carbonyl (C=O) groups is 3. The summed E-state index contributed by atoms with van der Waals surface area (Å²) < 4.78 is 41.6. The highest BCUT2D eigenvalue weighted by molar-refractivity contribution is 6.31. The number of carbonyl (C=O) groups excluding carboxylic acids is 3. The number of hydrogen-bond donors (Lipinski definition) is 2. The van der Waals surface area contributed by atoms with Crippen LogP contribution in [0.5, 0.6) is 0 Å². The molecule has 3 aromatic rings. The molecule has 2 atom stereocenters. The molecule has 2 heterocycles. The third kappa shape index (κ3) is 6.01. The summed E-state index contributed by atoms with van der Waals surface area (Å²) in [6.07, 6.45) is -0.0917. The summed E-state index contributed by atoms with van der Waals surface area (Å²) in [5.74, 6) is -4.90. The third-order valence-corrected chi connectivity index (χ3v) is 7.45. The number of urea groups is 1. The van der Waals surface area contributed by atoms with Gasteiger partial charge in [-0.05, 0) is 36.4 Å². The van der Waals surface area contributed by atoms with Crippen molar-refractivity contribution in [3.63, 3.8) is 0 Å². The van der Waals surface area contributed by atoms with Gasteiger partial charge in [0.05, 0.1) is 17.7 Å². The van der Waals surface area contributed by atoms with Gasteiger partial charge in [-0.3, -0.25) is 19.4 Å². The minimum atomic E-state index is -2.90. The number of anilines is 2. The molecule has 1 aliphatic heterocycles. The minimum absolute atomic E-state index is 0.0208. The molecule has 4 amide bonds. The summed E-state index contributed by atoms with van der Waals surface area (Å²) in [7, 11) is 0. The zero-order valence-electron chi connectivity index (χ0n) is 21.9. The van der Waals surface area contributed by atoms with Crippen molar-refractivity contribution in [2.75, 3.05) is 16.3 Å². The van der Waals surface area contributed by atoms with Gasteiger partial charge in [0.2, 0.25) is 11.8 Å². The standard InChI is InChI=1S/C29H24ClF3N6O3/c30-23-7-2-1-6-22(23)26(27(41)37-19-13-29(32,33)14-19)39(20-5-3-4-18(31)11-20)25(40)12-21-16-36-28(42)38(21)24-10-17(15-34)8-9-35-24/h1-11,19,21,26H,12-14,16H2,(H,36,42)(H,37,41)/t21-,26+/m1/s1. The number of amides is 4. The monoisotopic (exact) mass is 596 g/mol. The molecule has 0 bridgehead atoms. The number of nitrogens with one attached hydrogen (secondary N) is 2. The van der Waals surface area contributed by atoms with E-state index in [1.165, 1.54) is 53.6 Å². The van der Waals surface area contributed by atoms with Crippen molar-refractivity contribution < 1.29 is 27.6 Å².